The van der Waals surface area contributed by atoms with Crippen LogP contribution in [0.2, 0.25) is 0 Å². The molecule has 2 aromatic heterocycles. The third kappa shape index (κ3) is 4.99. The molecule has 0 radical (unpaired) electrons. The van der Waals surface area contributed by atoms with Crippen molar-refractivity contribution in [2.24, 2.45) is 0 Å². The molecule has 0 unspecified atom stereocenters. The van der Waals surface area contributed by atoms with Gasteiger partial charge in [-0.15, -0.1) is 10.2 Å². The number of carbonyl (C=O) groups excluding carboxylic acids is 1. The number of ether oxygens (including phenoxy) is 2. The number of hydrogen-bond donors (Lipinski definition) is 1. The number of amides is 1. The quantitative estimate of drug-likeness (QED) is 0.507. The second kappa shape index (κ2) is 8.87. The summed E-state index contributed by atoms with van der Waals surface area (Å²) in [6.07, 6.45) is 3.45. The minimum atomic E-state index is -0.246. The molecular formula is C22H19N5O3. The van der Waals surface area contributed by atoms with Crippen molar-refractivity contribution < 1.29 is 14.3 Å². The van der Waals surface area contributed by atoms with Crippen LogP contribution in [0.4, 0.5) is 5.69 Å². The van der Waals surface area contributed by atoms with Gasteiger partial charge in [-0.1, -0.05) is 17.7 Å². The fourth-order valence-electron chi connectivity index (χ4n) is 2.60. The summed E-state index contributed by atoms with van der Waals surface area (Å²) in [7, 11) is 0. The summed E-state index contributed by atoms with van der Waals surface area (Å²) in [5.74, 6) is 1.93. The number of aromatic nitrogens is 4. The van der Waals surface area contributed by atoms with Crippen molar-refractivity contribution in [2.45, 2.75) is 6.92 Å². The van der Waals surface area contributed by atoms with E-state index in [-0.39, 0.29) is 12.5 Å². The molecule has 2 heterocycles. The van der Waals surface area contributed by atoms with Crippen molar-refractivity contribution in [2.75, 3.05) is 11.9 Å². The molecule has 0 bridgehead atoms. The van der Waals surface area contributed by atoms with E-state index in [1.807, 2.05) is 31.2 Å². The van der Waals surface area contributed by atoms with Gasteiger partial charge in [-0.05, 0) is 55.5 Å². The number of benzene rings is 2. The molecule has 30 heavy (non-hydrogen) atoms. The first kappa shape index (κ1) is 19.1. The Hall–Kier alpha value is -4.20. The summed E-state index contributed by atoms with van der Waals surface area (Å²) in [6.45, 7) is 1.92. The van der Waals surface area contributed by atoms with E-state index in [4.69, 9.17) is 9.47 Å². The van der Waals surface area contributed by atoms with E-state index >= 15 is 0 Å². The maximum absolute atomic E-state index is 12.1. The van der Waals surface area contributed by atoms with Gasteiger partial charge in [0.05, 0.1) is 0 Å². The highest BCUT2D eigenvalue weighted by molar-refractivity contribution is 5.91. The highest BCUT2D eigenvalue weighted by Gasteiger charge is 2.06. The summed E-state index contributed by atoms with van der Waals surface area (Å²) >= 11 is 0. The van der Waals surface area contributed by atoms with Gasteiger partial charge in [0, 0.05) is 24.1 Å². The predicted octanol–water partition coefficient (Wildman–Crippen LogP) is 3.78. The average molecular weight is 401 g/mol. The summed E-state index contributed by atoms with van der Waals surface area (Å²) < 4.78 is 12.8. The minimum absolute atomic E-state index is 0.0699. The summed E-state index contributed by atoms with van der Waals surface area (Å²) in [5.41, 5.74) is 1.77. The Labute approximate surface area is 173 Å². The van der Waals surface area contributed by atoms with Crippen molar-refractivity contribution in [3.05, 3.63) is 84.7 Å². The van der Waals surface area contributed by atoms with Gasteiger partial charge in [0.15, 0.2) is 12.4 Å². The van der Waals surface area contributed by atoms with Gasteiger partial charge < -0.3 is 14.8 Å². The number of aryl methyl sites for hydroxylation is 1. The number of hydrogen-bond acceptors (Lipinski definition) is 6. The van der Waals surface area contributed by atoms with Crippen molar-refractivity contribution in [3.63, 3.8) is 0 Å². The molecule has 0 saturated carbocycles. The van der Waals surface area contributed by atoms with Crippen LogP contribution in [0.1, 0.15) is 5.56 Å². The Bertz CT molecular complexity index is 1090. The van der Waals surface area contributed by atoms with Crippen LogP contribution in [0.3, 0.4) is 0 Å². The molecule has 150 valence electrons. The SMILES string of the molecule is Cc1ccc(OCC(=O)Nc2ccc(Oc3ccc(-n4cccn4)nn3)cc2)cc1. The monoisotopic (exact) mass is 401 g/mol. The fourth-order valence-corrected chi connectivity index (χ4v) is 2.60. The molecule has 0 saturated heterocycles. The summed E-state index contributed by atoms with van der Waals surface area (Å²) in [6, 6.07) is 19.8. The normalized spacial score (nSPS) is 10.4. The standard InChI is InChI=1S/C22H19N5O3/c1-16-3-7-18(8-4-16)29-15-21(28)24-17-5-9-19(10-6-17)30-22-12-11-20(25-26-22)27-14-2-13-23-27/h2-14H,15H2,1H3,(H,24,28). The Morgan fingerprint density at radius 1 is 0.967 bits per heavy atom. The van der Waals surface area contributed by atoms with Crippen LogP contribution < -0.4 is 14.8 Å². The van der Waals surface area contributed by atoms with Crippen LogP contribution in [0.15, 0.2) is 79.1 Å². The Kier molecular flexibility index (Phi) is 5.66. The van der Waals surface area contributed by atoms with Crippen molar-refractivity contribution >= 4 is 11.6 Å². The van der Waals surface area contributed by atoms with E-state index in [9.17, 15) is 4.79 Å². The Morgan fingerprint density at radius 2 is 1.73 bits per heavy atom. The van der Waals surface area contributed by atoms with Crippen LogP contribution in [-0.2, 0) is 4.79 Å². The molecule has 0 aliphatic carbocycles. The maximum Gasteiger partial charge on any atom is 0.262 e. The Balaban J connectivity index is 1.29. The zero-order chi connectivity index (χ0) is 20.8. The van der Waals surface area contributed by atoms with E-state index in [0.29, 0.717) is 28.9 Å². The van der Waals surface area contributed by atoms with E-state index < -0.39 is 0 Å². The number of rotatable bonds is 7. The number of nitrogens with zero attached hydrogens (tertiary/aromatic N) is 4. The summed E-state index contributed by atoms with van der Waals surface area (Å²) in [5, 5.41) is 15.0. The zero-order valence-electron chi connectivity index (χ0n) is 16.2. The van der Waals surface area contributed by atoms with Gasteiger partial charge in [-0.25, -0.2) is 4.68 Å². The zero-order valence-corrected chi connectivity index (χ0v) is 16.2. The third-order valence-electron chi connectivity index (χ3n) is 4.12. The molecule has 8 heteroatoms. The van der Waals surface area contributed by atoms with Crippen molar-refractivity contribution in [3.8, 4) is 23.2 Å². The van der Waals surface area contributed by atoms with Gasteiger partial charge in [0.25, 0.3) is 5.91 Å². The van der Waals surface area contributed by atoms with Crippen molar-refractivity contribution in [1.29, 1.82) is 0 Å². The first-order valence-corrected chi connectivity index (χ1v) is 9.27. The van der Waals surface area contributed by atoms with Crippen molar-refractivity contribution in [1.82, 2.24) is 20.0 Å². The highest BCUT2D eigenvalue weighted by Crippen LogP contribution is 2.21. The largest absolute Gasteiger partial charge is 0.484 e. The third-order valence-corrected chi connectivity index (χ3v) is 4.12. The molecule has 1 amide bonds. The smallest absolute Gasteiger partial charge is 0.262 e. The highest BCUT2D eigenvalue weighted by atomic mass is 16.5. The molecule has 0 fully saturated rings. The molecule has 4 aromatic rings. The number of nitrogens with one attached hydrogen (secondary N) is 1. The minimum Gasteiger partial charge on any atom is -0.484 e. The fraction of sp³-hybridized carbons (Fsp3) is 0.0909. The summed E-state index contributed by atoms with van der Waals surface area (Å²) in [4.78, 5) is 12.1. The lowest BCUT2D eigenvalue weighted by Gasteiger charge is -2.09. The molecule has 2 aromatic carbocycles. The second-order valence-corrected chi connectivity index (χ2v) is 6.46. The first-order chi connectivity index (χ1) is 14.7. The molecule has 1 N–H and O–H groups in total. The van der Waals surface area contributed by atoms with Crippen LogP contribution in [-0.4, -0.2) is 32.5 Å². The van der Waals surface area contributed by atoms with E-state index in [0.717, 1.165) is 5.56 Å². The lowest BCUT2D eigenvalue weighted by Crippen LogP contribution is -2.20. The van der Waals surface area contributed by atoms with E-state index in [1.54, 1.807) is 59.5 Å². The van der Waals surface area contributed by atoms with Gasteiger partial charge in [-0.2, -0.15) is 5.10 Å². The molecule has 8 nitrogen and oxygen atoms in total. The van der Waals surface area contributed by atoms with E-state index in [2.05, 4.69) is 20.6 Å². The van der Waals surface area contributed by atoms with Gasteiger partial charge in [0.1, 0.15) is 11.5 Å². The molecule has 4 rings (SSSR count). The van der Waals surface area contributed by atoms with Crippen LogP contribution in [0.5, 0.6) is 17.4 Å². The predicted molar refractivity (Wildman–Crippen MR) is 111 cm³/mol. The van der Waals surface area contributed by atoms with Crippen LogP contribution in [0.25, 0.3) is 5.82 Å². The Morgan fingerprint density at radius 3 is 2.40 bits per heavy atom. The molecular weight excluding hydrogens is 382 g/mol. The average Bonchev–Trinajstić information content (AvgIpc) is 3.30. The van der Waals surface area contributed by atoms with E-state index in [1.165, 1.54) is 0 Å². The topological polar surface area (TPSA) is 91.2 Å². The van der Waals surface area contributed by atoms with Gasteiger partial charge in [-0.3, -0.25) is 4.79 Å². The molecule has 0 aliphatic rings. The molecule has 0 atom stereocenters. The maximum atomic E-state index is 12.1. The first-order valence-electron chi connectivity index (χ1n) is 9.27. The number of anilines is 1. The number of carbonyl (C=O) groups is 1. The van der Waals surface area contributed by atoms with Crippen LogP contribution in [0, 0.1) is 6.92 Å². The lowest BCUT2D eigenvalue weighted by atomic mass is 10.2. The van der Waals surface area contributed by atoms with Gasteiger partial charge >= 0.3 is 0 Å². The van der Waals surface area contributed by atoms with Gasteiger partial charge in [0.2, 0.25) is 5.88 Å². The van der Waals surface area contributed by atoms with Crippen LogP contribution >= 0.6 is 0 Å². The second-order valence-electron chi connectivity index (χ2n) is 6.46. The molecule has 0 aliphatic heterocycles. The molecule has 0 spiro atoms. The lowest BCUT2D eigenvalue weighted by molar-refractivity contribution is -0.118.